The molecular weight excluding hydrogens is 265 g/mol. The van der Waals surface area contributed by atoms with Crippen molar-refractivity contribution in [2.24, 2.45) is 5.92 Å². The molecule has 0 spiro atoms. The van der Waals surface area contributed by atoms with Crippen molar-refractivity contribution >= 4 is 0 Å². The van der Waals surface area contributed by atoms with Gasteiger partial charge in [0, 0.05) is 12.0 Å². The largest absolute Gasteiger partial charge is 0.493 e. The molecule has 0 radical (unpaired) electrons. The van der Waals surface area contributed by atoms with Crippen LogP contribution in [0.4, 0.5) is 4.39 Å². The van der Waals surface area contributed by atoms with Gasteiger partial charge in [-0.15, -0.1) is 0 Å². The zero-order valence-corrected chi connectivity index (χ0v) is 12.4. The Labute approximate surface area is 125 Å². The number of benzene rings is 2. The molecule has 0 saturated heterocycles. The van der Waals surface area contributed by atoms with Crippen LogP contribution in [0.15, 0.2) is 42.5 Å². The Kier molecular flexibility index (Phi) is 3.93. The molecule has 2 aromatic rings. The third kappa shape index (κ3) is 2.79. The van der Waals surface area contributed by atoms with E-state index < -0.39 is 0 Å². The first-order valence-corrected chi connectivity index (χ1v) is 7.33. The molecule has 21 heavy (non-hydrogen) atoms. The van der Waals surface area contributed by atoms with Crippen molar-refractivity contribution in [2.45, 2.75) is 19.4 Å². The van der Waals surface area contributed by atoms with Gasteiger partial charge in [-0.25, -0.2) is 4.39 Å². The molecule has 110 valence electrons. The number of hydrogen-bond acceptors (Lipinski definition) is 2. The second kappa shape index (κ2) is 5.86. The van der Waals surface area contributed by atoms with Crippen LogP contribution < -0.4 is 10.1 Å². The number of halogens is 1. The number of para-hydroxylation sites is 1. The first kappa shape index (κ1) is 14.1. The van der Waals surface area contributed by atoms with E-state index in [4.69, 9.17) is 4.74 Å². The lowest BCUT2D eigenvalue weighted by Gasteiger charge is -2.32. The minimum absolute atomic E-state index is 0.166. The first-order valence-electron chi connectivity index (χ1n) is 7.33. The number of hydrogen-bond donors (Lipinski definition) is 1. The van der Waals surface area contributed by atoms with Gasteiger partial charge in [0.05, 0.1) is 6.61 Å². The van der Waals surface area contributed by atoms with E-state index in [1.807, 2.05) is 38.2 Å². The van der Waals surface area contributed by atoms with Crippen molar-refractivity contribution in [3.05, 3.63) is 65.0 Å². The Morgan fingerprint density at radius 3 is 2.81 bits per heavy atom. The quantitative estimate of drug-likeness (QED) is 0.929. The van der Waals surface area contributed by atoms with Crippen molar-refractivity contribution in [3.8, 4) is 5.75 Å². The summed E-state index contributed by atoms with van der Waals surface area (Å²) < 4.78 is 19.2. The van der Waals surface area contributed by atoms with Gasteiger partial charge in [-0.2, -0.15) is 0 Å². The molecule has 2 nitrogen and oxygen atoms in total. The predicted molar refractivity (Wildman–Crippen MR) is 82.1 cm³/mol. The third-order valence-electron chi connectivity index (χ3n) is 4.26. The number of rotatable bonds is 3. The lowest BCUT2D eigenvalue weighted by atomic mass is 9.85. The van der Waals surface area contributed by atoms with Crippen LogP contribution in [0.25, 0.3) is 0 Å². The summed E-state index contributed by atoms with van der Waals surface area (Å²) in [4.78, 5) is 0. The molecule has 2 aromatic carbocycles. The van der Waals surface area contributed by atoms with Crippen molar-refractivity contribution < 1.29 is 9.13 Å². The molecule has 2 unspecified atom stereocenters. The maximum Gasteiger partial charge on any atom is 0.123 e. The normalized spacial score (nSPS) is 18.7. The van der Waals surface area contributed by atoms with Gasteiger partial charge in [0.2, 0.25) is 0 Å². The topological polar surface area (TPSA) is 21.3 Å². The van der Waals surface area contributed by atoms with Crippen molar-refractivity contribution in [1.29, 1.82) is 0 Å². The van der Waals surface area contributed by atoms with Crippen LogP contribution in [0.3, 0.4) is 0 Å². The van der Waals surface area contributed by atoms with E-state index in [2.05, 4.69) is 11.4 Å². The van der Waals surface area contributed by atoms with E-state index in [9.17, 15) is 4.39 Å². The molecule has 0 saturated carbocycles. The minimum atomic E-state index is -0.184. The Morgan fingerprint density at radius 1 is 1.24 bits per heavy atom. The van der Waals surface area contributed by atoms with Gasteiger partial charge in [-0.05, 0) is 55.3 Å². The van der Waals surface area contributed by atoms with E-state index in [0.717, 1.165) is 23.3 Å². The Balaban J connectivity index is 1.88. The second-order valence-electron chi connectivity index (χ2n) is 5.65. The van der Waals surface area contributed by atoms with Gasteiger partial charge in [-0.1, -0.05) is 24.3 Å². The molecular formula is C18H20FNO. The summed E-state index contributed by atoms with van der Waals surface area (Å²) in [6.07, 6.45) is 0.971. The maximum atomic E-state index is 13.3. The molecule has 3 heteroatoms. The lowest BCUT2D eigenvalue weighted by molar-refractivity contribution is 0.188. The van der Waals surface area contributed by atoms with Gasteiger partial charge in [0.25, 0.3) is 0 Å². The fourth-order valence-corrected chi connectivity index (χ4v) is 3.20. The molecule has 0 aromatic heterocycles. The zero-order valence-electron chi connectivity index (χ0n) is 12.4. The Bertz CT molecular complexity index is 641. The van der Waals surface area contributed by atoms with Crippen LogP contribution >= 0.6 is 0 Å². The highest BCUT2D eigenvalue weighted by Crippen LogP contribution is 2.34. The fraction of sp³-hybridized carbons (Fsp3) is 0.333. The van der Waals surface area contributed by atoms with Crippen LogP contribution in [0.2, 0.25) is 0 Å². The van der Waals surface area contributed by atoms with Crippen LogP contribution in [0.5, 0.6) is 5.75 Å². The highest BCUT2D eigenvalue weighted by Gasteiger charge is 2.28. The van der Waals surface area contributed by atoms with Crippen LogP contribution in [-0.2, 0) is 6.42 Å². The molecule has 0 bridgehead atoms. The molecule has 1 heterocycles. The average Bonchev–Trinajstić information content (AvgIpc) is 2.50. The summed E-state index contributed by atoms with van der Waals surface area (Å²) >= 11 is 0. The van der Waals surface area contributed by atoms with Gasteiger partial charge < -0.3 is 10.1 Å². The monoisotopic (exact) mass is 285 g/mol. The van der Waals surface area contributed by atoms with Gasteiger partial charge in [-0.3, -0.25) is 0 Å². The van der Waals surface area contributed by atoms with Gasteiger partial charge >= 0.3 is 0 Å². The average molecular weight is 285 g/mol. The molecule has 1 aliphatic rings. The third-order valence-corrected chi connectivity index (χ3v) is 4.26. The molecule has 1 N–H and O–H groups in total. The fourth-order valence-electron chi connectivity index (χ4n) is 3.20. The van der Waals surface area contributed by atoms with Gasteiger partial charge in [0.1, 0.15) is 11.6 Å². The summed E-state index contributed by atoms with van der Waals surface area (Å²) in [6, 6.07) is 13.3. The maximum absolute atomic E-state index is 13.3. The number of fused-ring (bicyclic) bond motifs is 1. The van der Waals surface area contributed by atoms with E-state index in [1.165, 1.54) is 11.6 Å². The minimum Gasteiger partial charge on any atom is -0.493 e. The van der Waals surface area contributed by atoms with Crippen molar-refractivity contribution in [1.82, 2.24) is 5.32 Å². The smallest absolute Gasteiger partial charge is 0.123 e. The van der Waals surface area contributed by atoms with E-state index >= 15 is 0 Å². The van der Waals surface area contributed by atoms with E-state index in [-0.39, 0.29) is 11.9 Å². The Morgan fingerprint density at radius 2 is 2.05 bits per heavy atom. The summed E-state index contributed by atoms with van der Waals surface area (Å²) in [5.74, 6) is 1.14. The summed E-state index contributed by atoms with van der Waals surface area (Å²) in [5, 5.41) is 3.38. The highest BCUT2D eigenvalue weighted by atomic mass is 19.1. The first-order chi connectivity index (χ1) is 10.2. The van der Waals surface area contributed by atoms with Crippen LogP contribution in [0, 0.1) is 18.7 Å². The molecule has 0 aliphatic carbocycles. The van der Waals surface area contributed by atoms with Gasteiger partial charge in [0.15, 0.2) is 0 Å². The molecule has 0 fully saturated rings. The SMILES string of the molecule is CNC(c1ccc(F)cc1C)C1COc2ccccc2C1. The van der Waals surface area contributed by atoms with E-state index in [0.29, 0.717) is 12.5 Å². The van der Waals surface area contributed by atoms with Crippen LogP contribution in [0.1, 0.15) is 22.7 Å². The second-order valence-corrected chi connectivity index (χ2v) is 5.65. The number of aryl methyl sites for hydroxylation is 1. The molecule has 1 aliphatic heterocycles. The lowest BCUT2D eigenvalue weighted by Crippen LogP contribution is -2.33. The van der Waals surface area contributed by atoms with Crippen LogP contribution in [-0.4, -0.2) is 13.7 Å². The zero-order chi connectivity index (χ0) is 14.8. The molecule has 3 rings (SSSR count). The molecule has 2 atom stereocenters. The summed E-state index contributed by atoms with van der Waals surface area (Å²) in [6.45, 7) is 2.64. The summed E-state index contributed by atoms with van der Waals surface area (Å²) in [5.41, 5.74) is 3.37. The van der Waals surface area contributed by atoms with Crippen molar-refractivity contribution in [2.75, 3.05) is 13.7 Å². The van der Waals surface area contributed by atoms with Crippen molar-refractivity contribution in [3.63, 3.8) is 0 Å². The number of ether oxygens (including phenoxy) is 1. The highest BCUT2D eigenvalue weighted by molar-refractivity contribution is 5.37. The number of nitrogens with one attached hydrogen (secondary N) is 1. The standard InChI is InChI=1S/C18H20FNO/c1-12-9-15(19)7-8-16(12)18(20-2)14-10-13-5-3-4-6-17(13)21-11-14/h3-9,14,18,20H,10-11H2,1-2H3. The summed E-state index contributed by atoms with van der Waals surface area (Å²) in [7, 11) is 1.95. The molecule has 0 amide bonds. The predicted octanol–water partition coefficient (Wildman–Crippen LogP) is 3.65. The van der Waals surface area contributed by atoms with E-state index in [1.54, 1.807) is 6.07 Å². The Hall–Kier alpha value is -1.87.